The standard InChI is InChI=1S/C16H26FNO2/c1-3-15(4-2)18(11-12-19)10-9-16(20)13-5-7-14(17)8-6-13/h5-8,15-16,19-20H,3-4,9-12H2,1-2H3. The average Bonchev–Trinajstić information content (AvgIpc) is 2.46. The van der Waals surface area contributed by atoms with Crippen molar-refractivity contribution >= 4 is 0 Å². The molecule has 0 saturated heterocycles. The number of halogens is 1. The first-order valence-electron chi connectivity index (χ1n) is 7.40. The predicted octanol–water partition coefficient (Wildman–Crippen LogP) is 2.73. The third-order valence-corrected chi connectivity index (χ3v) is 3.79. The van der Waals surface area contributed by atoms with Gasteiger partial charge in [-0.15, -0.1) is 0 Å². The summed E-state index contributed by atoms with van der Waals surface area (Å²) in [6.45, 7) is 5.75. The fourth-order valence-corrected chi connectivity index (χ4v) is 2.55. The van der Waals surface area contributed by atoms with E-state index in [1.54, 1.807) is 12.1 Å². The first-order valence-corrected chi connectivity index (χ1v) is 7.40. The van der Waals surface area contributed by atoms with Gasteiger partial charge >= 0.3 is 0 Å². The zero-order valence-electron chi connectivity index (χ0n) is 12.4. The highest BCUT2D eigenvalue weighted by Crippen LogP contribution is 2.19. The molecule has 0 heterocycles. The van der Waals surface area contributed by atoms with Crippen LogP contribution in [0.25, 0.3) is 0 Å². The van der Waals surface area contributed by atoms with Crippen LogP contribution in [-0.2, 0) is 0 Å². The summed E-state index contributed by atoms with van der Waals surface area (Å²) in [4.78, 5) is 2.22. The minimum absolute atomic E-state index is 0.128. The fraction of sp³-hybridized carbons (Fsp3) is 0.625. The number of rotatable bonds is 9. The zero-order chi connectivity index (χ0) is 15.0. The Morgan fingerprint density at radius 3 is 2.20 bits per heavy atom. The lowest BCUT2D eigenvalue weighted by Crippen LogP contribution is -2.38. The largest absolute Gasteiger partial charge is 0.395 e. The molecule has 1 aromatic rings. The van der Waals surface area contributed by atoms with Crippen LogP contribution in [0.5, 0.6) is 0 Å². The number of hydrogen-bond acceptors (Lipinski definition) is 3. The van der Waals surface area contributed by atoms with Gasteiger partial charge in [-0.2, -0.15) is 0 Å². The molecule has 0 saturated carbocycles. The molecule has 1 unspecified atom stereocenters. The van der Waals surface area contributed by atoms with Gasteiger partial charge in [0.15, 0.2) is 0 Å². The van der Waals surface area contributed by atoms with Gasteiger partial charge < -0.3 is 10.2 Å². The summed E-state index contributed by atoms with van der Waals surface area (Å²) < 4.78 is 12.8. The molecule has 0 aromatic heterocycles. The molecule has 0 radical (unpaired) electrons. The molecule has 0 fully saturated rings. The first-order chi connectivity index (χ1) is 9.62. The van der Waals surface area contributed by atoms with Crippen molar-refractivity contribution in [2.45, 2.75) is 45.3 Å². The summed E-state index contributed by atoms with van der Waals surface area (Å²) in [6.07, 6.45) is 2.06. The van der Waals surface area contributed by atoms with Crippen LogP contribution >= 0.6 is 0 Å². The van der Waals surface area contributed by atoms with E-state index in [1.807, 2.05) is 0 Å². The van der Waals surface area contributed by atoms with Gasteiger partial charge in [-0.3, -0.25) is 4.90 Å². The maximum absolute atomic E-state index is 12.8. The van der Waals surface area contributed by atoms with Crippen LogP contribution in [0.3, 0.4) is 0 Å². The number of aliphatic hydroxyl groups is 2. The Balaban J connectivity index is 2.55. The average molecular weight is 283 g/mol. The quantitative estimate of drug-likeness (QED) is 0.732. The second-order valence-corrected chi connectivity index (χ2v) is 5.09. The molecule has 3 nitrogen and oxygen atoms in total. The summed E-state index contributed by atoms with van der Waals surface area (Å²) in [5.41, 5.74) is 0.736. The van der Waals surface area contributed by atoms with Gasteiger partial charge in [0.1, 0.15) is 5.82 Å². The van der Waals surface area contributed by atoms with E-state index in [-0.39, 0.29) is 12.4 Å². The predicted molar refractivity (Wildman–Crippen MR) is 79.0 cm³/mol. The third kappa shape index (κ3) is 5.19. The minimum atomic E-state index is -0.592. The SMILES string of the molecule is CCC(CC)N(CCO)CCC(O)c1ccc(F)cc1. The normalized spacial score (nSPS) is 13.2. The van der Waals surface area contributed by atoms with Crippen molar-refractivity contribution in [3.8, 4) is 0 Å². The van der Waals surface area contributed by atoms with Gasteiger partial charge in [0, 0.05) is 19.1 Å². The van der Waals surface area contributed by atoms with Crippen molar-refractivity contribution in [1.29, 1.82) is 0 Å². The molecule has 1 atom stereocenters. The number of aliphatic hydroxyl groups excluding tert-OH is 2. The molecule has 1 rings (SSSR count). The van der Waals surface area contributed by atoms with E-state index in [4.69, 9.17) is 5.11 Å². The van der Waals surface area contributed by atoms with Gasteiger partial charge in [0.2, 0.25) is 0 Å². The van der Waals surface area contributed by atoms with Crippen LogP contribution in [0, 0.1) is 5.82 Å². The van der Waals surface area contributed by atoms with Crippen molar-refractivity contribution < 1.29 is 14.6 Å². The molecule has 20 heavy (non-hydrogen) atoms. The summed E-state index contributed by atoms with van der Waals surface area (Å²) >= 11 is 0. The minimum Gasteiger partial charge on any atom is -0.395 e. The van der Waals surface area contributed by atoms with E-state index in [2.05, 4.69) is 18.7 Å². The lowest BCUT2D eigenvalue weighted by molar-refractivity contribution is 0.104. The Morgan fingerprint density at radius 1 is 1.10 bits per heavy atom. The zero-order valence-corrected chi connectivity index (χ0v) is 12.4. The molecular formula is C16H26FNO2. The molecule has 1 aromatic carbocycles. The van der Waals surface area contributed by atoms with Crippen LogP contribution in [0.4, 0.5) is 4.39 Å². The lowest BCUT2D eigenvalue weighted by atomic mass is 10.0. The molecule has 0 aliphatic heterocycles. The maximum atomic E-state index is 12.8. The lowest BCUT2D eigenvalue weighted by Gasteiger charge is -2.30. The van der Waals surface area contributed by atoms with E-state index in [9.17, 15) is 9.50 Å². The molecule has 4 heteroatoms. The maximum Gasteiger partial charge on any atom is 0.123 e. The second-order valence-electron chi connectivity index (χ2n) is 5.09. The van der Waals surface area contributed by atoms with Gasteiger partial charge in [-0.25, -0.2) is 4.39 Å². The highest BCUT2D eigenvalue weighted by molar-refractivity contribution is 5.18. The molecular weight excluding hydrogens is 257 g/mol. The van der Waals surface area contributed by atoms with Crippen molar-refractivity contribution in [3.05, 3.63) is 35.6 Å². The van der Waals surface area contributed by atoms with Gasteiger partial charge in [0.05, 0.1) is 12.7 Å². The van der Waals surface area contributed by atoms with Gasteiger partial charge in [-0.1, -0.05) is 26.0 Å². The van der Waals surface area contributed by atoms with Gasteiger partial charge in [-0.05, 0) is 37.0 Å². The highest BCUT2D eigenvalue weighted by Gasteiger charge is 2.16. The van der Waals surface area contributed by atoms with Crippen molar-refractivity contribution in [3.63, 3.8) is 0 Å². The molecule has 0 bridgehead atoms. The smallest absolute Gasteiger partial charge is 0.123 e. The van der Waals surface area contributed by atoms with E-state index in [1.165, 1.54) is 12.1 Å². The van der Waals surface area contributed by atoms with E-state index in [0.717, 1.165) is 24.9 Å². The van der Waals surface area contributed by atoms with Crippen molar-refractivity contribution in [1.82, 2.24) is 4.90 Å². The third-order valence-electron chi connectivity index (χ3n) is 3.79. The first kappa shape index (κ1) is 17.1. The van der Waals surface area contributed by atoms with Gasteiger partial charge in [0.25, 0.3) is 0 Å². The van der Waals surface area contributed by atoms with Crippen molar-refractivity contribution in [2.24, 2.45) is 0 Å². The molecule has 2 N–H and O–H groups in total. The summed E-state index contributed by atoms with van der Waals surface area (Å²) in [6, 6.07) is 6.40. The topological polar surface area (TPSA) is 43.7 Å². The molecule has 0 aliphatic rings. The number of hydrogen-bond donors (Lipinski definition) is 2. The van der Waals surface area contributed by atoms with E-state index < -0.39 is 6.10 Å². The highest BCUT2D eigenvalue weighted by atomic mass is 19.1. The van der Waals surface area contributed by atoms with Crippen LogP contribution in [0.1, 0.15) is 44.8 Å². The molecule has 0 aliphatic carbocycles. The summed E-state index contributed by atoms with van der Waals surface area (Å²) in [7, 11) is 0. The van der Waals surface area contributed by atoms with Crippen LogP contribution in [-0.4, -0.2) is 40.9 Å². The fourth-order valence-electron chi connectivity index (χ4n) is 2.55. The van der Waals surface area contributed by atoms with Crippen LogP contribution in [0.15, 0.2) is 24.3 Å². The number of nitrogens with zero attached hydrogens (tertiary/aromatic N) is 1. The molecule has 0 amide bonds. The second kappa shape index (κ2) is 9.06. The Bertz CT molecular complexity index is 365. The molecule has 0 spiro atoms. The Labute approximate surface area is 121 Å². The van der Waals surface area contributed by atoms with E-state index in [0.29, 0.717) is 19.0 Å². The molecule has 114 valence electrons. The Kier molecular flexibility index (Phi) is 7.73. The summed E-state index contributed by atoms with van der Waals surface area (Å²) in [5, 5.41) is 19.3. The van der Waals surface area contributed by atoms with Crippen molar-refractivity contribution in [2.75, 3.05) is 19.7 Å². The monoisotopic (exact) mass is 283 g/mol. The van der Waals surface area contributed by atoms with Crippen LogP contribution < -0.4 is 0 Å². The van der Waals surface area contributed by atoms with E-state index >= 15 is 0 Å². The summed E-state index contributed by atoms with van der Waals surface area (Å²) in [5.74, 6) is -0.292. The Morgan fingerprint density at radius 2 is 1.70 bits per heavy atom. The van der Waals surface area contributed by atoms with Crippen LogP contribution in [0.2, 0.25) is 0 Å². The Hall–Kier alpha value is -0.970. The number of benzene rings is 1.